The highest BCUT2D eigenvalue weighted by Crippen LogP contribution is 2.30. The normalized spacial score (nSPS) is 12.5. The molecule has 0 radical (unpaired) electrons. The van der Waals surface area contributed by atoms with Crippen LogP contribution in [0.25, 0.3) is 0 Å². The number of rotatable bonds is 6. The Hall–Kier alpha value is -1.76. The van der Waals surface area contributed by atoms with Crippen LogP contribution in [0.4, 0.5) is 11.4 Å². The summed E-state index contributed by atoms with van der Waals surface area (Å²) in [5.41, 5.74) is 1.50. The van der Waals surface area contributed by atoms with Crippen molar-refractivity contribution in [3.63, 3.8) is 0 Å². The number of sulfonamides is 1. The van der Waals surface area contributed by atoms with Crippen LogP contribution in [0, 0.1) is 6.92 Å². The van der Waals surface area contributed by atoms with Gasteiger partial charge in [0.05, 0.1) is 22.7 Å². The van der Waals surface area contributed by atoms with Crippen LogP contribution in [0.5, 0.6) is 0 Å². The lowest BCUT2D eigenvalue weighted by molar-refractivity contribution is -0.117. The van der Waals surface area contributed by atoms with Crippen molar-refractivity contribution in [3.8, 4) is 0 Å². The van der Waals surface area contributed by atoms with Crippen LogP contribution in [-0.4, -0.2) is 26.6 Å². The molecule has 0 aromatic heterocycles. The van der Waals surface area contributed by atoms with Gasteiger partial charge in [-0.15, -0.1) is 0 Å². The molecule has 1 atom stereocenters. The van der Waals surface area contributed by atoms with Crippen molar-refractivity contribution in [2.24, 2.45) is 0 Å². The lowest BCUT2D eigenvalue weighted by Crippen LogP contribution is -2.47. The van der Waals surface area contributed by atoms with Gasteiger partial charge in [-0.1, -0.05) is 48.3 Å². The molecule has 26 heavy (non-hydrogen) atoms. The Morgan fingerprint density at radius 1 is 1.19 bits per heavy atom. The maximum absolute atomic E-state index is 12.8. The van der Waals surface area contributed by atoms with Gasteiger partial charge in [-0.05, 0) is 43.2 Å². The molecule has 0 aliphatic heterocycles. The number of carbonyl (C=O) groups excluding carboxylic acids is 1. The van der Waals surface area contributed by atoms with Gasteiger partial charge in [-0.3, -0.25) is 9.10 Å². The van der Waals surface area contributed by atoms with Gasteiger partial charge in [-0.2, -0.15) is 0 Å². The highest BCUT2D eigenvalue weighted by molar-refractivity contribution is 7.92. The summed E-state index contributed by atoms with van der Waals surface area (Å²) in [4.78, 5) is 12.8. The van der Waals surface area contributed by atoms with E-state index in [0.717, 1.165) is 10.6 Å². The summed E-state index contributed by atoms with van der Waals surface area (Å²) < 4.78 is 26.1. The first kappa shape index (κ1) is 20.6. The maximum Gasteiger partial charge on any atom is 0.248 e. The number of nitrogens with zero attached hydrogens (tertiary/aromatic N) is 1. The first-order chi connectivity index (χ1) is 12.1. The quantitative estimate of drug-likeness (QED) is 0.756. The zero-order chi connectivity index (χ0) is 19.5. The van der Waals surface area contributed by atoms with Gasteiger partial charge in [0.2, 0.25) is 15.9 Å². The van der Waals surface area contributed by atoms with E-state index in [9.17, 15) is 13.2 Å². The summed E-state index contributed by atoms with van der Waals surface area (Å²) in [6.07, 6.45) is 1.34. The topological polar surface area (TPSA) is 66.5 Å². The molecule has 1 amide bonds. The number of hydrogen-bond acceptors (Lipinski definition) is 3. The Balaban J connectivity index is 2.47. The minimum Gasteiger partial charge on any atom is -0.323 e. The van der Waals surface area contributed by atoms with Gasteiger partial charge in [0.25, 0.3) is 0 Å². The summed E-state index contributed by atoms with van der Waals surface area (Å²) >= 11 is 12.1. The second-order valence-corrected chi connectivity index (χ2v) is 8.59. The lowest BCUT2D eigenvalue weighted by Gasteiger charge is -2.31. The molecule has 0 saturated carbocycles. The number of benzene rings is 2. The number of carbonyl (C=O) groups is 1. The minimum absolute atomic E-state index is 0.273. The molecule has 0 unspecified atom stereocenters. The summed E-state index contributed by atoms with van der Waals surface area (Å²) in [5.74, 6) is -0.467. The van der Waals surface area contributed by atoms with Crippen LogP contribution < -0.4 is 9.62 Å². The predicted molar refractivity (Wildman–Crippen MR) is 108 cm³/mol. The molecule has 0 aliphatic rings. The SMILES string of the molecule is CC[C@@H](C(=O)Nc1ccccc1Cl)N(c1cc(Cl)ccc1C)S(C)(=O)=O. The lowest BCUT2D eigenvalue weighted by atomic mass is 10.1. The van der Waals surface area contributed by atoms with Crippen molar-refractivity contribution in [3.05, 3.63) is 58.1 Å². The van der Waals surface area contributed by atoms with Crippen LogP contribution in [0.15, 0.2) is 42.5 Å². The van der Waals surface area contributed by atoms with Crippen LogP contribution in [0.1, 0.15) is 18.9 Å². The third-order valence-electron chi connectivity index (χ3n) is 3.87. The zero-order valence-corrected chi connectivity index (χ0v) is 17.0. The third-order valence-corrected chi connectivity index (χ3v) is 5.60. The molecule has 140 valence electrons. The van der Waals surface area contributed by atoms with E-state index in [2.05, 4.69) is 5.32 Å². The van der Waals surface area contributed by atoms with E-state index >= 15 is 0 Å². The predicted octanol–water partition coefficient (Wildman–Crippen LogP) is 4.49. The van der Waals surface area contributed by atoms with Gasteiger partial charge in [-0.25, -0.2) is 8.42 Å². The van der Waals surface area contributed by atoms with Crippen LogP contribution in [-0.2, 0) is 14.8 Å². The summed E-state index contributed by atoms with van der Waals surface area (Å²) in [7, 11) is -3.74. The van der Waals surface area contributed by atoms with Crippen LogP contribution >= 0.6 is 23.2 Å². The molecular formula is C18H20Cl2N2O3S. The number of para-hydroxylation sites is 1. The average Bonchev–Trinajstić information content (AvgIpc) is 2.56. The number of anilines is 2. The first-order valence-electron chi connectivity index (χ1n) is 7.96. The smallest absolute Gasteiger partial charge is 0.248 e. The fraction of sp³-hybridized carbons (Fsp3) is 0.278. The molecule has 0 bridgehead atoms. The third kappa shape index (κ3) is 4.69. The molecule has 2 aromatic rings. The number of aryl methyl sites for hydroxylation is 1. The van der Waals surface area contributed by atoms with E-state index in [1.54, 1.807) is 56.3 Å². The van der Waals surface area contributed by atoms with Gasteiger partial charge < -0.3 is 5.32 Å². The minimum atomic E-state index is -3.74. The molecule has 0 heterocycles. The number of hydrogen-bond donors (Lipinski definition) is 1. The molecule has 0 fully saturated rings. The largest absolute Gasteiger partial charge is 0.323 e. The van der Waals surface area contributed by atoms with Crippen molar-refractivity contribution in [1.29, 1.82) is 0 Å². The molecule has 2 rings (SSSR count). The highest BCUT2D eigenvalue weighted by atomic mass is 35.5. The molecule has 5 nitrogen and oxygen atoms in total. The van der Waals surface area contributed by atoms with Crippen molar-refractivity contribution >= 4 is 50.5 Å². The summed E-state index contributed by atoms with van der Waals surface area (Å²) in [6, 6.07) is 10.8. The van der Waals surface area contributed by atoms with E-state index in [1.807, 2.05) is 0 Å². The molecule has 1 N–H and O–H groups in total. The molecular weight excluding hydrogens is 395 g/mol. The molecule has 2 aromatic carbocycles. The van der Waals surface area contributed by atoms with Gasteiger partial charge in [0, 0.05) is 5.02 Å². The maximum atomic E-state index is 12.8. The second-order valence-electron chi connectivity index (χ2n) is 5.88. The van der Waals surface area contributed by atoms with E-state index in [-0.39, 0.29) is 6.42 Å². The molecule has 8 heteroatoms. The summed E-state index contributed by atoms with van der Waals surface area (Å²) in [6.45, 7) is 3.51. The van der Waals surface area contributed by atoms with Crippen molar-refractivity contribution in [2.75, 3.05) is 15.9 Å². The monoisotopic (exact) mass is 414 g/mol. The number of amides is 1. The Labute approximate surface area is 164 Å². The Bertz CT molecular complexity index is 916. The second kappa shape index (κ2) is 8.29. The van der Waals surface area contributed by atoms with Gasteiger partial charge >= 0.3 is 0 Å². The standard InChI is InChI=1S/C18H20Cl2N2O3S/c1-4-16(18(23)21-15-8-6-5-7-14(15)20)22(26(3,24)25)17-11-13(19)10-9-12(17)2/h5-11,16H,4H2,1-3H3,(H,21,23)/t16-/m0/s1. The zero-order valence-electron chi connectivity index (χ0n) is 14.7. The van der Waals surface area contributed by atoms with Crippen LogP contribution in [0.3, 0.4) is 0 Å². The molecule has 0 saturated heterocycles. The van der Waals surface area contributed by atoms with E-state index in [4.69, 9.17) is 23.2 Å². The fourth-order valence-corrected chi connectivity index (χ4v) is 4.24. The first-order valence-corrected chi connectivity index (χ1v) is 10.6. The Kier molecular flexibility index (Phi) is 6.55. The Morgan fingerprint density at radius 3 is 2.42 bits per heavy atom. The fourth-order valence-electron chi connectivity index (χ4n) is 2.63. The molecule has 0 aliphatic carbocycles. The number of nitrogens with one attached hydrogen (secondary N) is 1. The molecule has 0 spiro atoms. The van der Waals surface area contributed by atoms with Crippen molar-refractivity contribution in [1.82, 2.24) is 0 Å². The Morgan fingerprint density at radius 2 is 1.85 bits per heavy atom. The average molecular weight is 415 g/mol. The van der Waals surface area contributed by atoms with Crippen molar-refractivity contribution in [2.45, 2.75) is 26.3 Å². The van der Waals surface area contributed by atoms with E-state index < -0.39 is 22.0 Å². The van der Waals surface area contributed by atoms with Crippen molar-refractivity contribution < 1.29 is 13.2 Å². The van der Waals surface area contributed by atoms with E-state index in [1.165, 1.54) is 0 Å². The van der Waals surface area contributed by atoms with Gasteiger partial charge in [0.1, 0.15) is 6.04 Å². The number of halogens is 2. The van der Waals surface area contributed by atoms with Crippen LogP contribution in [0.2, 0.25) is 10.0 Å². The van der Waals surface area contributed by atoms with E-state index in [0.29, 0.717) is 27.0 Å². The highest BCUT2D eigenvalue weighted by Gasteiger charge is 2.32. The summed E-state index contributed by atoms with van der Waals surface area (Å²) in [5, 5.41) is 3.47. The van der Waals surface area contributed by atoms with Gasteiger partial charge in [0.15, 0.2) is 0 Å².